The lowest BCUT2D eigenvalue weighted by Crippen LogP contribution is -2.40. The quantitative estimate of drug-likeness (QED) is 0.377. The zero-order valence-corrected chi connectivity index (χ0v) is 19.5. The molecule has 34 heavy (non-hydrogen) atoms. The number of nitrogens with one attached hydrogen (secondary N) is 1. The van der Waals surface area contributed by atoms with E-state index in [2.05, 4.69) is 30.3 Å². The van der Waals surface area contributed by atoms with E-state index < -0.39 is 5.91 Å². The first-order valence-corrected chi connectivity index (χ1v) is 11.7. The van der Waals surface area contributed by atoms with Gasteiger partial charge in [-0.3, -0.25) is 14.2 Å². The molecule has 1 aliphatic heterocycles. The summed E-state index contributed by atoms with van der Waals surface area (Å²) in [5.74, 6) is 0.667. The zero-order valence-electron chi connectivity index (χ0n) is 19.5. The highest BCUT2D eigenvalue weighted by Crippen LogP contribution is 2.30. The fraction of sp³-hybridized carbons (Fsp3) is 0.435. The van der Waals surface area contributed by atoms with Crippen molar-refractivity contribution in [1.29, 1.82) is 0 Å². The fourth-order valence-corrected chi connectivity index (χ4v) is 4.58. The highest BCUT2D eigenvalue weighted by atomic mass is 16.1. The van der Waals surface area contributed by atoms with Crippen LogP contribution in [-0.4, -0.2) is 71.2 Å². The Morgan fingerprint density at radius 1 is 1.12 bits per heavy atom. The highest BCUT2D eigenvalue weighted by molar-refractivity contribution is 6.02. The fourth-order valence-electron chi connectivity index (χ4n) is 4.58. The van der Waals surface area contributed by atoms with Gasteiger partial charge < -0.3 is 21.4 Å². The summed E-state index contributed by atoms with van der Waals surface area (Å²) in [5.41, 5.74) is 15.4. The molecule has 4 heterocycles. The van der Waals surface area contributed by atoms with Crippen LogP contribution in [0, 0.1) is 6.92 Å². The summed E-state index contributed by atoms with van der Waals surface area (Å²) in [6.07, 6.45) is 3.84. The number of hydrogen-bond donors (Lipinski definition) is 3. The van der Waals surface area contributed by atoms with Crippen LogP contribution >= 0.6 is 0 Å². The van der Waals surface area contributed by atoms with Crippen LogP contribution in [0.5, 0.6) is 0 Å². The molecule has 1 aromatic carbocycles. The molecule has 178 valence electrons. The van der Waals surface area contributed by atoms with Gasteiger partial charge >= 0.3 is 0 Å². The van der Waals surface area contributed by atoms with Gasteiger partial charge in [-0.25, -0.2) is 0 Å². The minimum Gasteiger partial charge on any atom is -0.366 e. The number of likely N-dealkylation sites (tertiary alicyclic amines) is 1. The molecule has 0 spiro atoms. The molecule has 4 aromatic rings. The lowest BCUT2D eigenvalue weighted by Gasteiger charge is -2.29. The van der Waals surface area contributed by atoms with Crippen molar-refractivity contribution in [3.05, 3.63) is 35.7 Å². The molecule has 0 bridgehead atoms. The van der Waals surface area contributed by atoms with Gasteiger partial charge in [-0.15, -0.1) is 10.2 Å². The Morgan fingerprint density at radius 2 is 1.88 bits per heavy atom. The van der Waals surface area contributed by atoms with Gasteiger partial charge in [0, 0.05) is 35.6 Å². The maximum atomic E-state index is 12.1. The molecule has 1 aliphatic rings. The molecule has 11 nitrogen and oxygen atoms in total. The summed E-state index contributed by atoms with van der Waals surface area (Å²) in [6.45, 7) is 8.25. The number of aromatic nitrogens is 7. The molecule has 0 saturated carbocycles. The summed E-state index contributed by atoms with van der Waals surface area (Å²) in [7, 11) is 0. The van der Waals surface area contributed by atoms with E-state index in [0.717, 1.165) is 66.9 Å². The second-order valence-corrected chi connectivity index (χ2v) is 8.88. The van der Waals surface area contributed by atoms with Gasteiger partial charge in [-0.2, -0.15) is 10.2 Å². The van der Waals surface area contributed by atoms with Gasteiger partial charge in [0.25, 0.3) is 0 Å². The minimum atomic E-state index is -0.500. The average Bonchev–Trinajstić information content (AvgIpc) is 3.56. The SMILES string of the molecule is CCn1nc(C)cc1-c1nnc(-c2cc(C(N)=O)cc3c2cnn3CCN2CCC(N)CC2)[nH]1. The largest absolute Gasteiger partial charge is 0.366 e. The molecule has 1 fully saturated rings. The molecule has 3 aromatic heterocycles. The number of hydrogen-bond acceptors (Lipinski definition) is 7. The molecular formula is C23H30N10O. The Kier molecular flexibility index (Phi) is 5.88. The summed E-state index contributed by atoms with van der Waals surface area (Å²) >= 11 is 0. The van der Waals surface area contributed by atoms with Gasteiger partial charge in [0.1, 0.15) is 5.69 Å². The van der Waals surface area contributed by atoms with Crippen LogP contribution in [0.15, 0.2) is 24.4 Å². The first kappa shape index (κ1) is 22.2. The number of carbonyl (C=O) groups excluding carboxylic acids is 1. The number of primary amides is 1. The van der Waals surface area contributed by atoms with Crippen molar-refractivity contribution >= 4 is 16.8 Å². The second-order valence-electron chi connectivity index (χ2n) is 8.88. The van der Waals surface area contributed by atoms with Crippen molar-refractivity contribution in [3.63, 3.8) is 0 Å². The van der Waals surface area contributed by atoms with Crippen LogP contribution in [0.3, 0.4) is 0 Å². The maximum Gasteiger partial charge on any atom is 0.248 e. The Bertz CT molecular complexity index is 1320. The van der Waals surface area contributed by atoms with Crippen LogP contribution in [-0.2, 0) is 13.1 Å². The van der Waals surface area contributed by atoms with Crippen LogP contribution in [0.4, 0.5) is 0 Å². The van der Waals surface area contributed by atoms with Gasteiger partial charge in [-0.05, 0) is 58.0 Å². The summed E-state index contributed by atoms with van der Waals surface area (Å²) in [5, 5.41) is 18.7. The number of aromatic amines is 1. The number of carbonyl (C=O) groups is 1. The Labute approximate surface area is 197 Å². The molecule has 0 radical (unpaired) electrons. The lowest BCUT2D eigenvalue weighted by molar-refractivity contribution is 0.100. The van der Waals surface area contributed by atoms with E-state index in [1.807, 2.05) is 35.5 Å². The lowest BCUT2D eigenvalue weighted by atomic mass is 10.0. The predicted octanol–water partition coefficient (Wildman–Crippen LogP) is 1.54. The third kappa shape index (κ3) is 4.19. The Balaban J connectivity index is 1.49. The molecule has 11 heteroatoms. The number of aryl methyl sites for hydroxylation is 2. The summed E-state index contributed by atoms with van der Waals surface area (Å²) in [4.78, 5) is 17.8. The predicted molar refractivity (Wildman–Crippen MR) is 129 cm³/mol. The first-order valence-electron chi connectivity index (χ1n) is 11.7. The number of rotatable bonds is 7. The second kappa shape index (κ2) is 8.99. The third-order valence-corrected chi connectivity index (χ3v) is 6.49. The number of amides is 1. The minimum absolute atomic E-state index is 0.300. The number of nitrogens with two attached hydrogens (primary N) is 2. The zero-order chi connectivity index (χ0) is 23.8. The molecular weight excluding hydrogens is 432 g/mol. The van der Waals surface area contributed by atoms with Gasteiger partial charge in [-0.1, -0.05) is 0 Å². The molecule has 5 N–H and O–H groups in total. The van der Waals surface area contributed by atoms with Gasteiger partial charge in [0.15, 0.2) is 11.6 Å². The molecule has 5 rings (SSSR count). The van der Waals surface area contributed by atoms with E-state index in [1.54, 1.807) is 12.1 Å². The van der Waals surface area contributed by atoms with Crippen molar-refractivity contribution in [2.24, 2.45) is 11.5 Å². The smallest absolute Gasteiger partial charge is 0.248 e. The standard InChI is InChI=1S/C23H30N10O/c1-3-32-20(10-14(2)30-32)23-27-22(28-29-23)17-11-15(21(25)34)12-19-18(17)13-26-33(19)9-8-31-6-4-16(24)5-7-31/h10-13,16H,3-9,24H2,1-2H3,(H2,25,34)(H,27,28,29). The topological polar surface area (TPSA) is 150 Å². The average molecular weight is 463 g/mol. The number of piperidine rings is 1. The van der Waals surface area contributed by atoms with Crippen molar-refractivity contribution in [3.8, 4) is 22.9 Å². The van der Waals surface area contributed by atoms with E-state index in [9.17, 15) is 4.79 Å². The molecule has 0 atom stereocenters. The van der Waals surface area contributed by atoms with E-state index in [-0.39, 0.29) is 0 Å². The Hall–Kier alpha value is -3.57. The number of H-pyrrole nitrogens is 1. The molecule has 0 unspecified atom stereocenters. The Morgan fingerprint density at radius 3 is 2.62 bits per heavy atom. The van der Waals surface area contributed by atoms with Gasteiger partial charge in [0.2, 0.25) is 5.91 Å². The van der Waals surface area contributed by atoms with Crippen LogP contribution in [0.2, 0.25) is 0 Å². The van der Waals surface area contributed by atoms with Crippen LogP contribution < -0.4 is 11.5 Å². The normalized spacial score (nSPS) is 15.4. The monoisotopic (exact) mass is 462 g/mol. The van der Waals surface area contributed by atoms with Crippen LogP contribution in [0.1, 0.15) is 35.8 Å². The van der Waals surface area contributed by atoms with Crippen molar-refractivity contribution < 1.29 is 4.79 Å². The number of nitrogens with zero attached hydrogens (tertiary/aromatic N) is 7. The van der Waals surface area contributed by atoms with Crippen molar-refractivity contribution in [1.82, 2.24) is 39.6 Å². The maximum absolute atomic E-state index is 12.1. The number of benzene rings is 1. The van der Waals surface area contributed by atoms with E-state index in [1.165, 1.54) is 0 Å². The van der Waals surface area contributed by atoms with E-state index in [4.69, 9.17) is 11.5 Å². The molecule has 1 amide bonds. The van der Waals surface area contributed by atoms with Gasteiger partial charge in [0.05, 0.1) is 24.0 Å². The summed E-state index contributed by atoms with van der Waals surface area (Å²) < 4.78 is 3.80. The first-order chi connectivity index (χ1) is 16.4. The molecule has 1 saturated heterocycles. The van der Waals surface area contributed by atoms with E-state index in [0.29, 0.717) is 29.8 Å². The molecule has 0 aliphatic carbocycles. The number of fused-ring (bicyclic) bond motifs is 1. The van der Waals surface area contributed by atoms with Crippen molar-refractivity contribution in [2.75, 3.05) is 19.6 Å². The van der Waals surface area contributed by atoms with Crippen molar-refractivity contribution in [2.45, 2.75) is 45.8 Å². The van der Waals surface area contributed by atoms with E-state index >= 15 is 0 Å². The highest BCUT2D eigenvalue weighted by Gasteiger charge is 2.20. The summed E-state index contributed by atoms with van der Waals surface area (Å²) in [6, 6.07) is 5.81. The van der Waals surface area contributed by atoms with Crippen LogP contribution in [0.25, 0.3) is 33.8 Å². The third-order valence-electron chi connectivity index (χ3n) is 6.49.